The van der Waals surface area contributed by atoms with Gasteiger partial charge in [0.05, 0.1) is 0 Å². The first-order valence-electron chi connectivity index (χ1n) is 6.29. The summed E-state index contributed by atoms with van der Waals surface area (Å²) >= 11 is 0. The normalized spacial score (nSPS) is 19.8. The summed E-state index contributed by atoms with van der Waals surface area (Å²) in [5.74, 6) is -0.0867. The maximum atomic E-state index is 12.0. The second-order valence-corrected chi connectivity index (χ2v) is 4.73. The fraction of sp³-hybridized carbons (Fsp3) is 0.429. The summed E-state index contributed by atoms with van der Waals surface area (Å²) in [5.41, 5.74) is 1.77. The second-order valence-electron chi connectivity index (χ2n) is 4.73. The number of benzene rings is 1. The Morgan fingerprint density at radius 2 is 2.06 bits per heavy atom. The molecule has 0 aliphatic carbocycles. The van der Waals surface area contributed by atoms with Crippen LogP contribution in [-0.2, 0) is 4.79 Å². The van der Waals surface area contributed by atoms with Crippen LogP contribution in [0.4, 0.5) is 0 Å². The van der Waals surface area contributed by atoms with Crippen LogP contribution < -0.4 is 10.6 Å². The van der Waals surface area contributed by atoms with Crippen molar-refractivity contribution in [2.75, 3.05) is 6.54 Å². The third-order valence-electron chi connectivity index (χ3n) is 3.13. The van der Waals surface area contributed by atoms with E-state index in [0.717, 1.165) is 18.4 Å². The van der Waals surface area contributed by atoms with Gasteiger partial charge in [-0.3, -0.25) is 9.59 Å². The molecule has 4 nitrogen and oxygen atoms in total. The Hall–Kier alpha value is -1.84. The van der Waals surface area contributed by atoms with Crippen LogP contribution in [0.15, 0.2) is 24.3 Å². The van der Waals surface area contributed by atoms with Crippen molar-refractivity contribution in [1.29, 1.82) is 0 Å². The first-order chi connectivity index (χ1) is 8.65. The van der Waals surface area contributed by atoms with Gasteiger partial charge in [0.1, 0.15) is 0 Å². The quantitative estimate of drug-likeness (QED) is 0.828. The largest absolute Gasteiger partial charge is 0.356 e. The Kier molecular flexibility index (Phi) is 3.97. The van der Waals surface area contributed by atoms with E-state index in [1.807, 2.05) is 19.1 Å². The zero-order valence-electron chi connectivity index (χ0n) is 10.5. The Morgan fingerprint density at radius 1 is 1.33 bits per heavy atom. The molecule has 2 rings (SSSR count). The highest BCUT2D eigenvalue weighted by molar-refractivity contribution is 5.94. The zero-order valence-corrected chi connectivity index (χ0v) is 10.5. The number of carbonyl (C=O) groups is 2. The third-order valence-corrected chi connectivity index (χ3v) is 3.13. The van der Waals surface area contributed by atoms with E-state index < -0.39 is 0 Å². The maximum Gasteiger partial charge on any atom is 0.251 e. The fourth-order valence-corrected chi connectivity index (χ4v) is 2.07. The Labute approximate surface area is 107 Å². The number of rotatable bonds is 2. The maximum absolute atomic E-state index is 12.0. The average Bonchev–Trinajstić information content (AvgIpc) is 2.54. The van der Waals surface area contributed by atoms with Crippen molar-refractivity contribution in [3.8, 4) is 0 Å². The van der Waals surface area contributed by atoms with Crippen molar-refractivity contribution >= 4 is 11.8 Å². The number of aryl methyl sites for hydroxylation is 1. The van der Waals surface area contributed by atoms with Crippen molar-refractivity contribution < 1.29 is 9.59 Å². The van der Waals surface area contributed by atoms with Crippen LogP contribution in [-0.4, -0.2) is 24.4 Å². The number of carbonyl (C=O) groups excluding carboxylic acids is 2. The molecule has 1 aromatic rings. The van der Waals surface area contributed by atoms with Gasteiger partial charge >= 0.3 is 0 Å². The molecule has 96 valence electrons. The van der Waals surface area contributed by atoms with Crippen LogP contribution in [0, 0.1) is 6.92 Å². The SMILES string of the molecule is Cc1ccc(C(=O)N[C@H]2CCCNC(=O)C2)cc1. The van der Waals surface area contributed by atoms with E-state index in [9.17, 15) is 9.59 Å². The molecule has 1 aromatic carbocycles. The fourth-order valence-electron chi connectivity index (χ4n) is 2.07. The molecule has 1 heterocycles. The van der Waals surface area contributed by atoms with Gasteiger partial charge < -0.3 is 10.6 Å². The molecule has 2 N–H and O–H groups in total. The minimum Gasteiger partial charge on any atom is -0.356 e. The van der Waals surface area contributed by atoms with Gasteiger partial charge in [0.2, 0.25) is 5.91 Å². The monoisotopic (exact) mass is 246 g/mol. The number of hydrogen-bond donors (Lipinski definition) is 2. The molecular weight excluding hydrogens is 228 g/mol. The van der Waals surface area contributed by atoms with Crippen molar-refractivity contribution in [2.24, 2.45) is 0 Å². The molecular formula is C14H18N2O2. The summed E-state index contributed by atoms with van der Waals surface area (Å²) in [4.78, 5) is 23.4. The summed E-state index contributed by atoms with van der Waals surface area (Å²) in [5, 5.41) is 5.73. The topological polar surface area (TPSA) is 58.2 Å². The van der Waals surface area contributed by atoms with E-state index in [1.165, 1.54) is 0 Å². The van der Waals surface area contributed by atoms with Gasteiger partial charge in [-0.2, -0.15) is 0 Å². The molecule has 1 fully saturated rings. The second kappa shape index (κ2) is 5.67. The van der Waals surface area contributed by atoms with Gasteiger partial charge in [-0.05, 0) is 31.9 Å². The molecule has 18 heavy (non-hydrogen) atoms. The molecule has 0 unspecified atom stereocenters. The molecule has 4 heteroatoms. The standard InChI is InChI=1S/C14H18N2O2/c1-10-4-6-11(7-5-10)14(18)16-12-3-2-8-15-13(17)9-12/h4-7,12H,2-3,8-9H2,1H3,(H,15,17)(H,16,18)/t12-/m0/s1. The lowest BCUT2D eigenvalue weighted by Crippen LogP contribution is -2.36. The Bertz CT molecular complexity index is 440. The van der Waals surface area contributed by atoms with Crippen molar-refractivity contribution in [1.82, 2.24) is 10.6 Å². The van der Waals surface area contributed by atoms with E-state index >= 15 is 0 Å². The van der Waals surface area contributed by atoms with Crippen LogP contribution in [0.25, 0.3) is 0 Å². The lowest BCUT2D eigenvalue weighted by atomic mass is 10.1. The number of amides is 2. The van der Waals surface area contributed by atoms with Gasteiger partial charge in [0, 0.05) is 24.6 Å². The van der Waals surface area contributed by atoms with Crippen molar-refractivity contribution in [2.45, 2.75) is 32.2 Å². The highest BCUT2D eigenvalue weighted by atomic mass is 16.2. The van der Waals surface area contributed by atoms with E-state index in [2.05, 4.69) is 10.6 Å². The molecule has 0 saturated carbocycles. The van der Waals surface area contributed by atoms with E-state index in [-0.39, 0.29) is 17.9 Å². The molecule has 0 aromatic heterocycles. The molecule has 0 radical (unpaired) electrons. The highest BCUT2D eigenvalue weighted by Gasteiger charge is 2.19. The van der Waals surface area contributed by atoms with Gasteiger partial charge in [-0.1, -0.05) is 17.7 Å². The summed E-state index contributed by atoms with van der Waals surface area (Å²) in [6, 6.07) is 7.38. The lowest BCUT2D eigenvalue weighted by molar-refractivity contribution is -0.121. The summed E-state index contributed by atoms with van der Waals surface area (Å²) in [7, 11) is 0. The number of hydrogen-bond acceptors (Lipinski definition) is 2. The van der Waals surface area contributed by atoms with Gasteiger partial charge in [-0.25, -0.2) is 0 Å². The molecule has 0 spiro atoms. The van der Waals surface area contributed by atoms with Crippen molar-refractivity contribution in [3.63, 3.8) is 0 Å². The van der Waals surface area contributed by atoms with Crippen LogP contribution in [0.3, 0.4) is 0 Å². The first-order valence-corrected chi connectivity index (χ1v) is 6.29. The molecule has 2 amide bonds. The third kappa shape index (κ3) is 3.32. The van der Waals surface area contributed by atoms with E-state index in [1.54, 1.807) is 12.1 Å². The molecule has 1 aliphatic rings. The number of nitrogens with one attached hydrogen (secondary N) is 2. The van der Waals surface area contributed by atoms with Crippen molar-refractivity contribution in [3.05, 3.63) is 35.4 Å². The van der Waals surface area contributed by atoms with Crippen LogP contribution in [0.1, 0.15) is 35.2 Å². The van der Waals surface area contributed by atoms with Gasteiger partial charge in [0.15, 0.2) is 0 Å². The molecule has 0 bridgehead atoms. The molecule has 1 atom stereocenters. The zero-order chi connectivity index (χ0) is 13.0. The summed E-state index contributed by atoms with van der Waals surface area (Å²) < 4.78 is 0. The van der Waals surface area contributed by atoms with Gasteiger partial charge in [0.25, 0.3) is 5.91 Å². The summed E-state index contributed by atoms with van der Waals surface area (Å²) in [6.45, 7) is 2.69. The smallest absolute Gasteiger partial charge is 0.251 e. The highest BCUT2D eigenvalue weighted by Crippen LogP contribution is 2.08. The average molecular weight is 246 g/mol. The Balaban J connectivity index is 1.97. The summed E-state index contributed by atoms with van der Waals surface area (Å²) in [6.07, 6.45) is 2.12. The minimum absolute atomic E-state index is 0.0155. The predicted molar refractivity (Wildman–Crippen MR) is 69.3 cm³/mol. The van der Waals surface area contributed by atoms with Crippen LogP contribution >= 0.6 is 0 Å². The van der Waals surface area contributed by atoms with E-state index in [0.29, 0.717) is 18.5 Å². The minimum atomic E-state index is -0.102. The predicted octanol–water partition coefficient (Wildman–Crippen LogP) is 1.39. The molecule has 1 aliphatic heterocycles. The van der Waals surface area contributed by atoms with Gasteiger partial charge in [-0.15, -0.1) is 0 Å². The van der Waals surface area contributed by atoms with Crippen LogP contribution in [0.5, 0.6) is 0 Å². The van der Waals surface area contributed by atoms with E-state index in [4.69, 9.17) is 0 Å². The lowest BCUT2D eigenvalue weighted by Gasteiger charge is -2.15. The Morgan fingerprint density at radius 3 is 2.78 bits per heavy atom. The first kappa shape index (κ1) is 12.6. The van der Waals surface area contributed by atoms with Crippen LogP contribution in [0.2, 0.25) is 0 Å². The molecule has 1 saturated heterocycles.